The Kier molecular flexibility index (Phi) is 6.58. The summed E-state index contributed by atoms with van der Waals surface area (Å²) in [4.78, 5) is 50.4. The highest BCUT2D eigenvalue weighted by Gasteiger charge is 2.21. The first-order valence-electron chi connectivity index (χ1n) is 10.6. The van der Waals surface area contributed by atoms with Crippen LogP contribution in [0.3, 0.4) is 0 Å². The first-order chi connectivity index (χ1) is 16.5. The molecule has 2 heterocycles. The van der Waals surface area contributed by atoms with Gasteiger partial charge in [0.15, 0.2) is 0 Å². The summed E-state index contributed by atoms with van der Waals surface area (Å²) in [5.41, 5.74) is 4.93. The van der Waals surface area contributed by atoms with E-state index in [1.165, 1.54) is 10.6 Å². The van der Waals surface area contributed by atoms with Crippen molar-refractivity contribution < 1.29 is 14.3 Å². The maximum absolute atomic E-state index is 13.3. The number of aromatic nitrogens is 3. The van der Waals surface area contributed by atoms with Crippen LogP contribution in [0.1, 0.15) is 16.9 Å². The van der Waals surface area contributed by atoms with E-state index in [-0.39, 0.29) is 31.8 Å². The van der Waals surface area contributed by atoms with Crippen molar-refractivity contribution in [3.8, 4) is 17.0 Å². The molecule has 10 nitrogen and oxygen atoms in total. The Labute approximate surface area is 193 Å². The minimum Gasteiger partial charge on any atom is -0.492 e. The number of benzene rings is 2. The highest BCUT2D eigenvalue weighted by molar-refractivity contribution is 5.93. The van der Waals surface area contributed by atoms with Crippen LogP contribution in [0.2, 0.25) is 0 Å². The second-order valence-electron chi connectivity index (χ2n) is 7.44. The number of ether oxygens (including phenoxy) is 1. The zero-order valence-electron chi connectivity index (χ0n) is 18.2. The summed E-state index contributed by atoms with van der Waals surface area (Å²) in [5, 5.41) is 2.55. The molecule has 0 aliphatic carbocycles. The molecule has 0 saturated carbocycles. The molecule has 0 atom stereocenters. The van der Waals surface area contributed by atoms with Gasteiger partial charge in [-0.1, -0.05) is 48.5 Å². The molecule has 34 heavy (non-hydrogen) atoms. The smallest absolute Gasteiger partial charge is 0.352 e. The summed E-state index contributed by atoms with van der Waals surface area (Å²) in [6.45, 7) is 0.0704. The van der Waals surface area contributed by atoms with Crippen LogP contribution in [0.4, 0.5) is 0 Å². The lowest BCUT2D eigenvalue weighted by Gasteiger charge is -2.10. The Morgan fingerprint density at radius 2 is 1.50 bits per heavy atom. The maximum Gasteiger partial charge on any atom is 0.352 e. The van der Waals surface area contributed by atoms with Crippen molar-refractivity contribution in [2.75, 3.05) is 13.2 Å². The van der Waals surface area contributed by atoms with Crippen LogP contribution < -0.4 is 27.2 Å². The van der Waals surface area contributed by atoms with Crippen LogP contribution in [-0.4, -0.2) is 38.6 Å². The molecule has 4 rings (SSSR count). The molecule has 3 N–H and O–H groups in total. The maximum atomic E-state index is 13.3. The largest absolute Gasteiger partial charge is 0.492 e. The van der Waals surface area contributed by atoms with E-state index in [1.807, 2.05) is 36.4 Å². The number of nitrogens with zero attached hydrogens (tertiary/aromatic N) is 3. The predicted molar refractivity (Wildman–Crippen MR) is 125 cm³/mol. The van der Waals surface area contributed by atoms with Gasteiger partial charge in [-0.25, -0.2) is 14.2 Å². The van der Waals surface area contributed by atoms with E-state index >= 15 is 0 Å². The van der Waals surface area contributed by atoms with Crippen LogP contribution in [0.5, 0.6) is 5.75 Å². The van der Waals surface area contributed by atoms with Crippen molar-refractivity contribution in [2.24, 2.45) is 5.73 Å². The lowest BCUT2D eigenvalue weighted by molar-refractivity contribution is -0.117. The molecule has 2 aromatic carbocycles. The van der Waals surface area contributed by atoms with E-state index < -0.39 is 23.2 Å². The van der Waals surface area contributed by atoms with Crippen LogP contribution in [0.25, 0.3) is 11.3 Å². The van der Waals surface area contributed by atoms with Gasteiger partial charge in [-0.05, 0) is 24.3 Å². The van der Waals surface area contributed by atoms with Crippen LogP contribution in [-0.2, 0) is 11.3 Å². The lowest BCUT2D eigenvalue weighted by Crippen LogP contribution is -2.33. The number of carbonyl (C=O) groups excluding carboxylic acids is 2. The van der Waals surface area contributed by atoms with Crippen molar-refractivity contribution in [1.82, 2.24) is 18.9 Å². The first-order valence-corrected chi connectivity index (χ1v) is 10.6. The number of fused-ring (bicyclic) bond motifs is 1. The number of rotatable bonds is 9. The van der Waals surface area contributed by atoms with E-state index in [2.05, 4.69) is 5.32 Å². The third-order valence-corrected chi connectivity index (χ3v) is 5.17. The van der Waals surface area contributed by atoms with Crippen LogP contribution in [0, 0.1) is 0 Å². The molecule has 0 aliphatic heterocycles. The number of nitrogens with one attached hydrogen (secondary N) is 1. The molecular formula is C24H23N5O5. The van der Waals surface area contributed by atoms with Gasteiger partial charge >= 0.3 is 11.4 Å². The number of hydrogen-bond donors (Lipinski definition) is 2. The Morgan fingerprint density at radius 3 is 2.18 bits per heavy atom. The summed E-state index contributed by atoms with van der Waals surface area (Å²) < 4.78 is 8.87. The highest BCUT2D eigenvalue weighted by Crippen LogP contribution is 2.17. The van der Waals surface area contributed by atoms with Gasteiger partial charge in [0, 0.05) is 18.5 Å². The van der Waals surface area contributed by atoms with Crippen molar-refractivity contribution in [2.45, 2.75) is 13.0 Å². The molecular weight excluding hydrogens is 438 g/mol. The number of hydrogen-bond acceptors (Lipinski definition) is 5. The van der Waals surface area contributed by atoms with Gasteiger partial charge < -0.3 is 15.8 Å². The second kappa shape index (κ2) is 9.90. The quantitative estimate of drug-likeness (QED) is 0.383. The van der Waals surface area contributed by atoms with Gasteiger partial charge in [-0.2, -0.15) is 9.03 Å². The van der Waals surface area contributed by atoms with E-state index in [4.69, 9.17) is 10.5 Å². The fourth-order valence-corrected chi connectivity index (χ4v) is 3.55. The van der Waals surface area contributed by atoms with Gasteiger partial charge in [0.1, 0.15) is 18.1 Å². The summed E-state index contributed by atoms with van der Waals surface area (Å²) in [6.07, 6.45) is -0.0519. The number of nitrogens with two attached hydrogens (primary N) is 1. The van der Waals surface area contributed by atoms with E-state index in [0.29, 0.717) is 17.0 Å². The van der Waals surface area contributed by atoms with Gasteiger partial charge in [0.25, 0.3) is 5.91 Å². The summed E-state index contributed by atoms with van der Waals surface area (Å²) in [7, 11) is 0. The standard InChI is InChI=1S/C24H23N5O5/c25-21(30)13-14-26-22(31)20-12-11-19(17-7-3-1-4-8-17)28-23(32)27(24(33)29(20)28)15-16-34-18-9-5-2-6-10-18/h1-12H,13-16H2,(H2,25,30)(H,26,31). The normalized spacial score (nSPS) is 10.8. The van der Waals surface area contributed by atoms with E-state index in [0.717, 1.165) is 9.08 Å². The Morgan fingerprint density at radius 1 is 0.853 bits per heavy atom. The average Bonchev–Trinajstić information content (AvgIpc) is 3.10. The van der Waals surface area contributed by atoms with Gasteiger partial charge in [-0.15, -0.1) is 0 Å². The van der Waals surface area contributed by atoms with Crippen LogP contribution >= 0.6 is 0 Å². The molecule has 0 radical (unpaired) electrons. The third kappa shape index (κ3) is 4.60. The van der Waals surface area contributed by atoms with Crippen molar-refractivity contribution in [1.29, 1.82) is 0 Å². The number of para-hydroxylation sites is 1. The van der Waals surface area contributed by atoms with Gasteiger partial charge in [0.05, 0.1) is 12.2 Å². The molecule has 4 aromatic rings. The molecule has 174 valence electrons. The molecule has 0 aliphatic rings. The molecule has 10 heteroatoms. The fourth-order valence-electron chi connectivity index (χ4n) is 3.55. The molecule has 2 aromatic heterocycles. The molecule has 0 fully saturated rings. The molecule has 0 bridgehead atoms. The van der Waals surface area contributed by atoms with Gasteiger partial charge in [0.2, 0.25) is 5.91 Å². The summed E-state index contributed by atoms with van der Waals surface area (Å²) >= 11 is 0. The van der Waals surface area contributed by atoms with Crippen molar-refractivity contribution >= 4 is 11.8 Å². The second-order valence-corrected chi connectivity index (χ2v) is 7.44. The SMILES string of the molecule is NC(=O)CCNC(=O)c1ccc(-c2ccccc2)n2c(=O)n(CCOc3ccccc3)c(=O)n12. The minimum atomic E-state index is -0.681. The van der Waals surface area contributed by atoms with Crippen molar-refractivity contribution in [3.05, 3.63) is 99.5 Å². The highest BCUT2D eigenvalue weighted by atomic mass is 16.5. The third-order valence-electron chi connectivity index (χ3n) is 5.17. The Hall–Kier alpha value is -4.60. The van der Waals surface area contributed by atoms with E-state index in [9.17, 15) is 19.2 Å². The fraction of sp³-hybridized carbons (Fsp3) is 0.167. The Bertz CT molecular complexity index is 1440. The lowest BCUT2D eigenvalue weighted by atomic mass is 10.1. The summed E-state index contributed by atoms with van der Waals surface area (Å²) in [6, 6.07) is 21.2. The monoisotopic (exact) mass is 461 g/mol. The van der Waals surface area contributed by atoms with Crippen molar-refractivity contribution in [3.63, 3.8) is 0 Å². The molecule has 2 amide bonds. The topological polar surface area (TPSA) is 129 Å². The number of carbonyl (C=O) groups is 2. The van der Waals surface area contributed by atoms with E-state index in [1.54, 1.807) is 30.3 Å². The molecule has 0 saturated heterocycles. The first kappa shape index (κ1) is 22.6. The number of amides is 2. The summed E-state index contributed by atoms with van der Waals surface area (Å²) in [5.74, 6) is -0.570. The average molecular weight is 461 g/mol. The van der Waals surface area contributed by atoms with Gasteiger partial charge in [-0.3, -0.25) is 9.59 Å². The molecule has 0 spiro atoms. The number of primary amides is 1. The minimum absolute atomic E-state index is 0.00533. The zero-order chi connectivity index (χ0) is 24.1. The van der Waals surface area contributed by atoms with Crippen LogP contribution in [0.15, 0.2) is 82.4 Å². The molecule has 0 unspecified atom stereocenters. The Balaban J connectivity index is 1.76. The zero-order valence-corrected chi connectivity index (χ0v) is 18.2. The predicted octanol–water partition coefficient (Wildman–Crippen LogP) is 0.912.